The van der Waals surface area contributed by atoms with Gasteiger partial charge in [-0.25, -0.2) is 28.1 Å². The number of aliphatic hydroxyl groups is 1. The van der Waals surface area contributed by atoms with Gasteiger partial charge in [0.25, 0.3) is 5.92 Å². The molecule has 1 aliphatic carbocycles. The second-order valence-corrected chi connectivity index (χ2v) is 10.3. The Hall–Kier alpha value is -2.47. The Morgan fingerprint density at radius 3 is 2.78 bits per heavy atom. The Labute approximate surface area is 209 Å². The molecule has 0 amide bonds. The van der Waals surface area contributed by atoms with Crippen molar-refractivity contribution in [2.24, 2.45) is 0 Å². The molecule has 6 rings (SSSR count). The van der Waals surface area contributed by atoms with E-state index in [4.69, 9.17) is 21.1 Å². The minimum atomic E-state index is -2.86. The first-order chi connectivity index (χ1) is 17.1. The molecule has 0 radical (unpaired) electrons. The third kappa shape index (κ3) is 3.84. The Morgan fingerprint density at radius 2 is 2.08 bits per heavy atom. The number of alkyl halides is 2. The van der Waals surface area contributed by atoms with Crippen molar-refractivity contribution in [3.8, 4) is 11.3 Å². The zero-order valence-electron chi connectivity index (χ0n) is 19.6. The van der Waals surface area contributed by atoms with Crippen molar-refractivity contribution in [2.75, 3.05) is 11.9 Å². The van der Waals surface area contributed by atoms with Crippen LogP contribution >= 0.6 is 11.6 Å². The van der Waals surface area contributed by atoms with Crippen LogP contribution in [-0.2, 0) is 9.47 Å². The third-order valence-electron chi connectivity index (χ3n) is 7.22. The highest BCUT2D eigenvalue weighted by Gasteiger charge is 2.51. The molecular weight excluding hydrogens is 499 g/mol. The molecule has 2 bridgehead atoms. The summed E-state index contributed by atoms with van der Waals surface area (Å²) in [5, 5.41) is 13.8. The minimum absolute atomic E-state index is 0.0366. The number of imidazole rings is 1. The number of ether oxygens (including phenoxy) is 2. The zero-order valence-corrected chi connectivity index (χ0v) is 20.3. The lowest BCUT2D eigenvalue weighted by atomic mass is 9.80. The van der Waals surface area contributed by atoms with Crippen molar-refractivity contribution in [3.05, 3.63) is 35.0 Å². The molecule has 8 nitrogen and oxygen atoms in total. The molecule has 5 atom stereocenters. The molecule has 1 saturated carbocycles. The number of rotatable bonds is 5. The topological polar surface area (TPSA) is 94.3 Å². The Bertz CT molecular complexity index is 1340. The number of halogens is 4. The minimum Gasteiger partial charge on any atom is -0.388 e. The van der Waals surface area contributed by atoms with Crippen molar-refractivity contribution < 1.29 is 27.8 Å². The van der Waals surface area contributed by atoms with Gasteiger partial charge in [0, 0.05) is 24.4 Å². The van der Waals surface area contributed by atoms with Gasteiger partial charge >= 0.3 is 0 Å². The maximum absolute atomic E-state index is 15.3. The van der Waals surface area contributed by atoms with Crippen LogP contribution in [0.15, 0.2) is 18.3 Å². The van der Waals surface area contributed by atoms with Gasteiger partial charge in [0.1, 0.15) is 23.5 Å². The maximum Gasteiger partial charge on any atom is 0.257 e. The fourth-order valence-electron chi connectivity index (χ4n) is 5.25. The average Bonchev–Trinajstić information content (AvgIpc) is 3.40. The molecule has 3 fully saturated rings. The number of hydrogen-bond acceptors (Lipinski definition) is 7. The van der Waals surface area contributed by atoms with Crippen molar-refractivity contribution in [3.63, 3.8) is 0 Å². The number of benzene rings is 1. The van der Waals surface area contributed by atoms with Gasteiger partial charge in [-0.05, 0) is 32.4 Å². The molecule has 36 heavy (non-hydrogen) atoms. The fraction of sp³-hybridized carbons (Fsp3) is 0.542. The Morgan fingerprint density at radius 1 is 1.28 bits per heavy atom. The summed E-state index contributed by atoms with van der Waals surface area (Å²) < 4.78 is 56.5. The molecule has 3 aromatic rings. The monoisotopic (exact) mass is 523 g/mol. The van der Waals surface area contributed by atoms with Crippen LogP contribution < -0.4 is 5.32 Å². The van der Waals surface area contributed by atoms with Gasteiger partial charge in [0.2, 0.25) is 5.95 Å². The summed E-state index contributed by atoms with van der Waals surface area (Å²) in [6.45, 7) is 4.01. The van der Waals surface area contributed by atoms with Crippen molar-refractivity contribution in [1.82, 2.24) is 19.5 Å². The largest absolute Gasteiger partial charge is 0.388 e. The van der Waals surface area contributed by atoms with Crippen LogP contribution in [0.25, 0.3) is 22.3 Å². The average molecular weight is 524 g/mol. The molecule has 1 unspecified atom stereocenters. The van der Waals surface area contributed by atoms with E-state index in [9.17, 15) is 13.9 Å². The Balaban J connectivity index is 1.39. The second-order valence-electron chi connectivity index (χ2n) is 9.92. The predicted octanol–water partition coefficient (Wildman–Crippen LogP) is 4.67. The first kappa shape index (κ1) is 23.9. The highest BCUT2D eigenvalue weighted by atomic mass is 35.5. The smallest absolute Gasteiger partial charge is 0.257 e. The summed E-state index contributed by atoms with van der Waals surface area (Å²) in [5.41, 5.74) is 1.06. The summed E-state index contributed by atoms with van der Waals surface area (Å²) >= 11 is 6.40. The number of nitrogens with zero attached hydrogens (tertiary/aromatic N) is 4. The lowest BCUT2D eigenvalue weighted by molar-refractivity contribution is -0.123. The molecule has 0 spiro atoms. The molecule has 3 aliphatic rings. The van der Waals surface area contributed by atoms with Gasteiger partial charge in [0.15, 0.2) is 12.1 Å². The summed E-state index contributed by atoms with van der Waals surface area (Å²) in [4.78, 5) is 13.0. The quantitative estimate of drug-likeness (QED) is 0.502. The van der Waals surface area contributed by atoms with Crippen molar-refractivity contribution >= 4 is 28.6 Å². The molecule has 4 heterocycles. The fourth-order valence-corrected chi connectivity index (χ4v) is 5.45. The first-order valence-electron chi connectivity index (χ1n) is 12.0. The number of aromatic nitrogens is 4. The molecule has 192 valence electrons. The number of aliphatic hydroxyl groups excluding tert-OH is 1. The molecule has 2 aliphatic heterocycles. The standard InChI is InChI=1S/C24H25ClF3N5O3/c1-10(2)33-16-6-11(5-14(26)20(16)31-22(33)12-3-4-24(12,27)28)19-13(25)8-29-23(32-19)30-15-7-18-35-9-17(36-18)21(15)34/h5-6,8,10,12,15,17-18,21,34H,3-4,7,9H2,1-2H3,(H,29,30,32)/t12?,15-,17+,18+,21+/m1/s1. The number of hydrogen-bond donors (Lipinski definition) is 2. The molecule has 2 aromatic heterocycles. The van der Waals surface area contributed by atoms with Gasteiger partial charge in [0.05, 0.1) is 41.0 Å². The number of nitrogens with one attached hydrogen (secondary N) is 1. The van der Waals surface area contributed by atoms with Crippen LogP contribution in [0.2, 0.25) is 5.02 Å². The number of anilines is 1. The van der Waals surface area contributed by atoms with Gasteiger partial charge in [-0.3, -0.25) is 0 Å². The SMILES string of the molecule is CC(C)n1c(C2CCC2(F)F)nc2c(F)cc(-c3nc(N[C@@H]4C[C@H]5OC[C@H](O5)[C@H]4O)ncc3Cl)cc21. The maximum atomic E-state index is 15.3. The molecule has 12 heteroatoms. The second kappa shape index (κ2) is 8.54. The number of fused-ring (bicyclic) bond motifs is 3. The van der Waals surface area contributed by atoms with E-state index in [0.717, 1.165) is 0 Å². The molecule has 2 N–H and O–H groups in total. The zero-order chi connectivity index (χ0) is 25.4. The lowest BCUT2D eigenvalue weighted by Crippen LogP contribution is -2.48. The van der Waals surface area contributed by atoms with Crippen molar-refractivity contribution in [1.29, 1.82) is 0 Å². The van der Waals surface area contributed by atoms with Gasteiger partial charge < -0.3 is 24.5 Å². The van der Waals surface area contributed by atoms with Crippen molar-refractivity contribution in [2.45, 2.75) is 75.5 Å². The van der Waals surface area contributed by atoms with E-state index in [1.165, 1.54) is 12.3 Å². The van der Waals surface area contributed by atoms with E-state index in [2.05, 4.69) is 20.3 Å². The van der Waals surface area contributed by atoms with Crippen LogP contribution in [0, 0.1) is 5.82 Å². The van der Waals surface area contributed by atoms with Crippen LogP contribution in [0.1, 0.15) is 50.9 Å². The molecular formula is C24H25ClF3N5O3. The first-order valence-corrected chi connectivity index (χ1v) is 12.3. The van der Waals surface area contributed by atoms with Crippen LogP contribution in [0.3, 0.4) is 0 Å². The van der Waals surface area contributed by atoms with Gasteiger partial charge in [-0.15, -0.1) is 0 Å². The Kier molecular flexibility index (Phi) is 5.67. The van der Waals surface area contributed by atoms with Crippen LogP contribution in [0.5, 0.6) is 0 Å². The third-order valence-corrected chi connectivity index (χ3v) is 7.50. The van der Waals surface area contributed by atoms with E-state index >= 15 is 4.39 Å². The molecule has 2 saturated heterocycles. The van der Waals surface area contributed by atoms with Crippen LogP contribution in [0.4, 0.5) is 19.1 Å². The highest BCUT2D eigenvalue weighted by molar-refractivity contribution is 6.33. The summed E-state index contributed by atoms with van der Waals surface area (Å²) in [6, 6.07) is 2.29. The highest BCUT2D eigenvalue weighted by Crippen LogP contribution is 2.50. The van der Waals surface area contributed by atoms with E-state index in [1.54, 1.807) is 10.6 Å². The normalized spacial score (nSPS) is 29.1. The van der Waals surface area contributed by atoms with Gasteiger partial charge in [-0.1, -0.05) is 11.6 Å². The predicted molar refractivity (Wildman–Crippen MR) is 126 cm³/mol. The summed E-state index contributed by atoms with van der Waals surface area (Å²) in [6.07, 6.45) is 0.241. The summed E-state index contributed by atoms with van der Waals surface area (Å²) in [7, 11) is 0. The van der Waals surface area contributed by atoms with E-state index in [0.29, 0.717) is 30.5 Å². The lowest BCUT2D eigenvalue weighted by Gasteiger charge is -2.36. The molecule has 1 aromatic carbocycles. The van der Waals surface area contributed by atoms with Crippen LogP contribution in [-0.4, -0.2) is 61.7 Å². The van der Waals surface area contributed by atoms with E-state index < -0.39 is 42.2 Å². The van der Waals surface area contributed by atoms with E-state index in [-0.39, 0.29) is 40.5 Å². The summed E-state index contributed by atoms with van der Waals surface area (Å²) in [5.74, 6) is -4.16. The van der Waals surface area contributed by atoms with E-state index in [1.807, 2.05) is 13.8 Å². The van der Waals surface area contributed by atoms with Gasteiger partial charge in [-0.2, -0.15) is 0 Å².